The molecule has 5 rings (SSSR count). The number of hydrogen-bond acceptors (Lipinski definition) is 6. The normalized spacial score (nSPS) is 21.8. The molecule has 0 radical (unpaired) electrons. The second kappa shape index (κ2) is 9.41. The van der Waals surface area contributed by atoms with Crippen LogP contribution in [0.2, 0.25) is 0 Å². The van der Waals surface area contributed by atoms with E-state index >= 15 is 0 Å². The number of allylic oxidation sites excluding steroid dienone is 1. The topological polar surface area (TPSA) is 110 Å². The van der Waals surface area contributed by atoms with E-state index in [1.807, 2.05) is 25.1 Å². The summed E-state index contributed by atoms with van der Waals surface area (Å²) in [6.07, 6.45) is 4.80. The zero-order valence-electron chi connectivity index (χ0n) is 22.2. The number of rotatable bonds is 7. The Kier molecular flexibility index (Phi) is 6.36. The minimum absolute atomic E-state index is 0.0405. The first kappa shape index (κ1) is 25.7. The second-order valence-corrected chi connectivity index (χ2v) is 10.8. The SMILES string of the molecule is CC(=O)c1nn(CC(=O)N2[C@H](C(=O)NCC(F)=C(C)C)C[C@@]3(C)C[C@@H]23)c2ccc(-c3cnc(C)nc3)cc12. The van der Waals surface area contributed by atoms with Gasteiger partial charge in [-0.2, -0.15) is 5.10 Å². The summed E-state index contributed by atoms with van der Waals surface area (Å²) in [4.78, 5) is 49.1. The number of amides is 2. The van der Waals surface area contributed by atoms with Gasteiger partial charge < -0.3 is 10.2 Å². The highest BCUT2D eigenvalue weighted by Crippen LogP contribution is 2.59. The van der Waals surface area contributed by atoms with Crippen molar-refractivity contribution in [3.63, 3.8) is 0 Å². The van der Waals surface area contributed by atoms with Gasteiger partial charge in [-0.05, 0) is 62.3 Å². The van der Waals surface area contributed by atoms with Crippen LogP contribution in [0.4, 0.5) is 4.39 Å². The maximum atomic E-state index is 14.0. The molecule has 3 atom stereocenters. The van der Waals surface area contributed by atoms with Gasteiger partial charge in [0.1, 0.15) is 29.9 Å². The van der Waals surface area contributed by atoms with Crippen LogP contribution in [0.1, 0.15) is 56.8 Å². The lowest BCUT2D eigenvalue weighted by molar-refractivity contribution is -0.140. The number of carbonyl (C=O) groups is 3. The van der Waals surface area contributed by atoms with Gasteiger partial charge in [-0.15, -0.1) is 0 Å². The molecule has 1 aliphatic heterocycles. The highest BCUT2D eigenvalue weighted by atomic mass is 19.1. The van der Waals surface area contributed by atoms with Crippen molar-refractivity contribution in [1.82, 2.24) is 30.0 Å². The first-order valence-electron chi connectivity index (χ1n) is 12.7. The van der Waals surface area contributed by atoms with Crippen molar-refractivity contribution in [3.05, 3.63) is 53.5 Å². The molecule has 0 unspecified atom stereocenters. The van der Waals surface area contributed by atoms with Crippen molar-refractivity contribution in [2.75, 3.05) is 6.54 Å². The number of carbonyl (C=O) groups excluding carboxylic acids is 3. The quantitative estimate of drug-likeness (QED) is 0.477. The van der Waals surface area contributed by atoms with E-state index in [-0.39, 0.29) is 53.7 Å². The Morgan fingerprint density at radius 2 is 1.82 bits per heavy atom. The summed E-state index contributed by atoms with van der Waals surface area (Å²) >= 11 is 0. The third kappa shape index (κ3) is 4.59. The minimum atomic E-state index is -0.668. The number of piperidine rings is 1. The number of aromatic nitrogens is 4. The fraction of sp³-hybridized carbons (Fsp3) is 0.429. The molecule has 9 nitrogen and oxygen atoms in total. The van der Waals surface area contributed by atoms with Gasteiger partial charge >= 0.3 is 0 Å². The van der Waals surface area contributed by atoms with Crippen LogP contribution in [-0.4, -0.2) is 60.9 Å². The Hall–Kier alpha value is -3.95. The first-order valence-corrected chi connectivity index (χ1v) is 12.7. The molecule has 3 heterocycles. The molecule has 1 N–H and O–H groups in total. The van der Waals surface area contributed by atoms with Gasteiger partial charge in [0, 0.05) is 36.3 Å². The third-order valence-corrected chi connectivity index (χ3v) is 7.67. The number of ketones is 1. The van der Waals surface area contributed by atoms with Gasteiger partial charge in [0.2, 0.25) is 11.8 Å². The van der Waals surface area contributed by atoms with Crippen LogP contribution < -0.4 is 5.32 Å². The second-order valence-electron chi connectivity index (χ2n) is 10.8. The van der Waals surface area contributed by atoms with E-state index in [0.717, 1.165) is 17.5 Å². The van der Waals surface area contributed by atoms with Crippen molar-refractivity contribution in [2.24, 2.45) is 5.41 Å². The summed E-state index contributed by atoms with van der Waals surface area (Å²) in [5.74, 6) is -0.555. The molecule has 198 valence electrons. The summed E-state index contributed by atoms with van der Waals surface area (Å²) in [6.45, 7) is 8.29. The van der Waals surface area contributed by atoms with Crippen molar-refractivity contribution in [1.29, 1.82) is 0 Å². The number of Topliss-reactive ketones (excluding diaryl/α,β-unsaturated/α-hetero) is 1. The van der Waals surface area contributed by atoms with E-state index in [0.29, 0.717) is 28.7 Å². The van der Waals surface area contributed by atoms with Gasteiger partial charge in [0.05, 0.1) is 12.1 Å². The van der Waals surface area contributed by atoms with Crippen LogP contribution in [-0.2, 0) is 16.1 Å². The van der Waals surface area contributed by atoms with Crippen LogP contribution in [0, 0.1) is 12.3 Å². The van der Waals surface area contributed by atoms with Crippen LogP contribution in [0.15, 0.2) is 42.0 Å². The van der Waals surface area contributed by atoms with Gasteiger partial charge in [-0.25, -0.2) is 14.4 Å². The summed E-state index contributed by atoms with van der Waals surface area (Å²) in [7, 11) is 0. The maximum absolute atomic E-state index is 14.0. The maximum Gasteiger partial charge on any atom is 0.245 e. The number of likely N-dealkylation sites (tertiary alicyclic amines) is 1. The van der Waals surface area contributed by atoms with Gasteiger partial charge in [0.15, 0.2) is 5.78 Å². The molecule has 3 aromatic rings. The molecule has 1 saturated heterocycles. The van der Waals surface area contributed by atoms with Crippen LogP contribution in [0.3, 0.4) is 0 Å². The Morgan fingerprint density at radius 1 is 1.11 bits per heavy atom. The van der Waals surface area contributed by atoms with E-state index in [2.05, 4.69) is 27.3 Å². The summed E-state index contributed by atoms with van der Waals surface area (Å²) in [5, 5.41) is 7.76. The first-order chi connectivity index (χ1) is 18.0. The number of nitrogens with one attached hydrogen (secondary N) is 1. The average molecular weight is 519 g/mol. The fourth-order valence-electron chi connectivity index (χ4n) is 5.31. The fourth-order valence-corrected chi connectivity index (χ4v) is 5.31. The van der Waals surface area contributed by atoms with Crippen molar-refractivity contribution in [3.8, 4) is 11.1 Å². The molecule has 2 aromatic heterocycles. The molecule has 1 aromatic carbocycles. The molecule has 38 heavy (non-hydrogen) atoms. The molecule has 0 spiro atoms. The van der Waals surface area contributed by atoms with Gasteiger partial charge in [0.25, 0.3) is 0 Å². The predicted molar refractivity (Wildman–Crippen MR) is 140 cm³/mol. The summed E-state index contributed by atoms with van der Waals surface area (Å²) in [5.41, 5.74) is 2.94. The summed E-state index contributed by atoms with van der Waals surface area (Å²) in [6, 6.07) is 4.86. The van der Waals surface area contributed by atoms with Gasteiger partial charge in [-0.3, -0.25) is 19.1 Å². The lowest BCUT2D eigenvalue weighted by Crippen LogP contribution is -2.49. The lowest BCUT2D eigenvalue weighted by atomic mass is 10.0. The molecule has 10 heteroatoms. The van der Waals surface area contributed by atoms with Crippen LogP contribution in [0.25, 0.3) is 22.0 Å². The molecule has 1 aliphatic carbocycles. The number of halogens is 1. The Bertz CT molecular complexity index is 1490. The molecule has 2 fully saturated rings. The zero-order valence-corrected chi connectivity index (χ0v) is 22.2. The Morgan fingerprint density at radius 3 is 2.47 bits per heavy atom. The highest BCUT2D eigenvalue weighted by molar-refractivity contribution is 6.06. The highest BCUT2D eigenvalue weighted by Gasteiger charge is 2.64. The standard InChI is InChI=1S/C28H31FN6O3/c1-15(2)21(29)13-32-27(38)23-9-28(5)10-24(28)35(23)25(37)14-34-22-7-6-18(19-11-30-17(4)31-12-19)8-20(22)26(33-34)16(3)36/h6-8,11-12,23-24H,9-10,13-14H2,1-5H3,(H,32,38)/t23-,24+,28-/m0/s1. The van der Waals surface area contributed by atoms with Gasteiger partial charge in [-0.1, -0.05) is 13.0 Å². The molecular weight excluding hydrogens is 487 g/mol. The Balaban J connectivity index is 1.42. The molecule has 1 saturated carbocycles. The molecule has 2 amide bonds. The van der Waals surface area contributed by atoms with Crippen molar-refractivity contribution in [2.45, 2.75) is 66.1 Å². The van der Waals surface area contributed by atoms with Crippen molar-refractivity contribution >= 4 is 28.5 Å². The Labute approximate surface area is 220 Å². The molecular formula is C28H31FN6O3. The number of aryl methyl sites for hydroxylation is 1. The van der Waals surface area contributed by atoms with E-state index < -0.39 is 6.04 Å². The average Bonchev–Trinajstić information content (AvgIpc) is 3.24. The monoisotopic (exact) mass is 518 g/mol. The summed E-state index contributed by atoms with van der Waals surface area (Å²) < 4.78 is 15.5. The number of benzene rings is 1. The van der Waals surface area contributed by atoms with Crippen LogP contribution in [0.5, 0.6) is 0 Å². The molecule has 0 bridgehead atoms. The third-order valence-electron chi connectivity index (χ3n) is 7.67. The number of nitrogens with zero attached hydrogens (tertiary/aromatic N) is 5. The minimum Gasteiger partial charge on any atom is -0.348 e. The van der Waals surface area contributed by atoms with Crippen molar-refractivity contribution < 1.29 is 18.8 Å². The predicted octanol–water partition coefficient (Wildman–Crippen LogP) is 3.76. The smallest absolute Gasteiger partial charge is 0.245 e. The largest absolute Gasteiger partial charge is 0.348 e. The number of fused-ring (bicyclic) bond motifs is 2. The lowest BCUT2D eigenvalue weighted by Gasteiger charge is -2.27. The molecule has 2 aliphatic rings. The van der Waals surface area contributed by atoms with E-state index in [9.17, 15) is 18.8 Å². The van der Waals surface area contributed by atoms with Crippen LogP contribution >= 0.6 is 0 Å². The van der Waals surface area contributed by atoms with E-state index in [4.69, 9.17) is 0 Å². The number of hydrogen-bond donors (Lipinski definition) is 1. The van der Waals surface area contributed by atoms with E-state index in [1.54, 1.807) is 31.1 Å². The zero-order chi connectivity index (χ0) is 27.4. The van der Waals surface area contributed by atoms with E-state index in [1.165, 1.54) is 11.6 Å².